The molecule has 2 N–H and O–H groups in total. The number of benzene rings is 1. The zero-order valence-electron chi connectivity index (χ0n) is 7.94. The third-order valence-corrected chi connectivity index (χ3v) is 2.24. The van der Waals surface area contributed by atoms with Gasteiger partial charge in [-0.3, -0.25) is 0 Å². The summed E-state index contributed by atoms with van der Waals surface area (Å²) in [4.78, 5) is 8.21. The number of hydrogen-bond donors (Lipinski definition) is 2. The van der Waals surface area contributed by atoms with E-state index in [1.165, 1.54) is 6.33 Å². The van der Waals surface area contributed by atoms with Gasteiger partial charge in [-0.05, 0) is 18.2 Å². The number of aromatic nitrogens is 2. The van der Waals surface area contributed by atoms with Crippen molar-refractivity contribution in [1.29, 1.82) is 0 Å². The van der Waals surface area contributed by atoms with Gasteiger partial charge >= 0.3 is 0 Å². The van der Waals surface area contributed by atoms with Crippen LogP contribution in [0.2, 0.25) is 5.02 Å². The smallest absolute Gasteiger partial charge is 0.137 e. The first-order valence-corrected chi connectivity index (χ1v) is 4.94. The molecule has 0 spiro atoms. The van der Waals surface area contributed by atoms with Crippen LogP contribution >= 0.6 is 11.6 Å². The van der Waals surface area contributed by atoms with Crippen LogP contribution in [-0.4, -0.2) is 28.2 Å². The molecule has 1 aromatic heterocycles. The van der Waals surface area contributed by atoms with Gasteiger partial charge in [-0.15, -0.1) is 0 Å². The molecule has 0 aliphatic carbocycles. The van der Waals surface area contributed by atoms with Crippen LogP contribution in [0.3, 0.4) is 0 Å². The van der Waals surface area contributed by atoms with E-state index in [0.29, 0.717) is 17.4 Å². The molecule has 4 nitrogen and oxygen atoms in total. The molecule has 0 aliphatic heterocycles. The first kappa shape index (κ1) is 10.1. The highest BCUT2D eigenvalue weighted by molar-refractivity contribution is 6.31. The van der Waals surface area contributed by atoms with Crippen molar-refractivity contribution in [3.05, 3.63) is 29.5 Å². The molecule has 0 saturated heterocycles. The van der Waals surface area contributed by atoms with Crippen LogP contribution in [0.5, 0.6) is 0 Å². The number of aliphatic hydroxyl groups is 1. The van der Waals surface area contributed by atoms with Gasteiger partial charge in [0.25, 0.3) is 0 Å². The lowest BCUT2D eigenvalue weighted by atomic mass is 10.2. The number of halogens is 1. The van der Waals surface area contributed by atoms with E-state index in [-0.39, 0.29) is 6.61 Å². The van der Waals surface area contributed by atoms with Crippen molar-refractivity contribution in [1.82, 2.24) is 9.97 Å². The second-order valence-corrected chi connectivity index (χ2v) is 3.47. The van der Waals surface area contributed by atoms with Crippen molar-refractivity contribution >= 4 is 28.3 Å². The number of nitrogens with zero attached hydrogens (tertiary/aromatic N) is 2. The van der Waals surface area contributed by atoms with Gasteiger partial charge in [0, 0.05) is 17.0 Å². The van der Waals surface area contributed by atoms with Crippen LogP contribution < -0.4 is 5.32 Å². The average molecular weight is 224 g/mol. The highest BCUT2D eigenvalue weighted by Gasteiger charge is 2.02. The molecule has 0 aliphatic rings. The summed E-state index contributed by atoms with van der Waals surface area (Å²) >= 11 is 5.89. The molecule has 1 heterocycles. The van der Waals surface area contributed by atoms with Gasteiger partial charge in [-0.25, -0.2) is 9.97 Å². The van der Waals surface area contributed by atoms with Crippen molar-refractivity contribution in [3.63, 3.8) is 0 Å². The average Bonchev–Trinajstić information content (AvgIpc) is 2.26. The fraction of sp³-hybridized carbons (Fsp3) is 0.200. The predicted octanol–water partition coefficient (Wildman–Crippen LogP) is 1.69. The molecule has 5 heteroatoms. The normalized spacial score (nSPS) is 10.5. The molecule has 0 radical (unpaired) electrons. The minimum Gasteiger partial charge on any atom is -0.395 e. The summed E-state index contributed by atoms with van der Waals surface area (Å²) in [6, 6.07) is 5.42. The Morgan fingerprint density at radius 1 is 1.33 bits per heavy atom. The van der Waals surface area contributed by atoms with Gasteiger partial charge in [-0.1, -0.05) is 11.6 Å². The van der Waals surface area contributed by atoms with Gasteiger partial charge in [-0.2, -0.15) is 0 Å². The first-order valence-electron chi connectivity index (χ1n) is 4.56. The Morgan fingerprint density at radius 2 is 2.20 bits per heavy atom. The maximum Gasteiger partial charge on any atom is 0.137 e. The Hall–Kier alpha value is -1.39. The number of anilines is 1. The van der Waals surface area contributed by atoms with Crippen molar-refractivity contribution in [2.45, 2.75) is 0 Å². The number of rotatable bonds is 3. The lowest BCUT2D eigenvalue weighted by Crippen LogP contribution is -2.07. The van der Waals surface area contributed by atoms with Crippen molar-refractivity contribution < 1.29 is 5.11 Å². The van der Waals surface area contributed by atoms with Crippen LogP contribution in [-0.2, 0) is 0 Å². The number of hydrogen-bond acceptors (Lipinski definition) is 4. The number of fused-ring (bicyclic) bond motifs is 1. The van der Waals surface area contributed by atoms with Crippen LogP contribution in [0.1, 0.15) is 0 Å². The molecule has 0 unspecified atom stereocenters. The molecule has 0 amide bonds. The first-order chi connectivity index (χ1) is 7.31. The fourth-order valence-electron chi connectivity index (χ4n) is 1.34. The molecule has 0 saturated carbocycles. The molecule has 0 bridgehead atoms. The van der Waals surface area contributed by atoms with Gasteiger partial charge in [0.05, 0.1) is 12.1 Å². The van der Waals surface area contributed by atoms with Crippen LogP contribution in [0, 0.1) is 0 Å². The monoisotopic (exact) mass is 223 g/mol. The second kappa shape index (κ2) is 4.42. The molecule has 15 heavy (non-hydrogen) atoms. The maximum atomic E-state index is 8.72. The predicted molar refractivity (Wildman–Crippen MR) is 60.1 cm³/mol. The highest BCUT2D eigenvalue weighted by Crippen LogP contribution is 2.22. The molecule has 0 fully saturated rings. The zero-order valence-corrected chi connectivity index (χ0v) is 8.70. The molecule has 0 atom stereocenters. The van der Waals surface area contributed by atoms with E-state index in [2.05, 4.69) is 15.3 Å². The van der Waals surface area contributed by atoms with E-state index < -0.39 is 0 Å². The lowest BCUT2D eigenvalue weighted by molar-refractivity contribution is 0.311. The molecule has 2 rings (SSSR count). The summed E-state index contributed by atoms with van der Waals surface area (Å²) in [5.41, 5.74) is 0.829. The van der Waals surface area contributed by atoms with Crippen molar-refractivity contribution in [2.24, 2.45) is 0 Å². The summed E-state index contributed by atoms with van der Waals surface area (Å²) in [7, 11) is 0. The Labute approximate surface area is 91.9 Å². The molecular formula is C10H10ClN3O. The van der Waals surface area contributed by atoms with Gasteiger partial charge in [0.1, 0.15) is 12.1 Å². The topological polar surface area (TPSA) is 58.0 Å². The summed E-state index contributed by atoms with van der Waals surface area (Å²) in [6.45, 7) is 0.519. The summed E-state index contributed by atoms with van der Waals surface area (Å²) in [6.07, 6.45) is 1.48. The van der Waals surface area contributed by atoms with E-state index in [4.69, 9.17) is 16.7 Å². The lowest BCUT2D eigenvalue weighted by Gasteiger charge is -2.06. The van der Waals surface area contributed by atoms with Gasteiger partial charge < -0.3 is 10.4 Å². The second-order valence-electron chi connectivity index (χ2n) is 3.03. The molecular weight excluding hydrogens is 214 g/mol. The van der Waals surface area contributed by atoms with E-state index in [1.54, 1.807) is 12.1 Å². The SMILES string of the molecule is OCCNc1ncnc2ccc(Cl)cc12. The largest absolute Gasteiger partial charge is 0.395 e. The summed E-state index contributed by atoms with van der Waals surface area (Å²) in [5.74, 6) is 0.691. The molecule has 78 valence electrons. The Morgan fingerprint density at radius 3 is 3.00 bits per heavy atom. The Bertz CT molecular complexity index is 475. The van der Waals surface area contributed by atoms with E-state index >= 15 is 0 Å². The van der Waals surface area contributed by atoms with E-state index in [1.807, 2.05) is 6.07 Å². The summed E-state index contributed by atoms with van der Waals surface area (Å²) in [5, 5.41) is 13.2. The number of nitrogens with one attached hydrogen (secondary N) is 1. The Kier molecular flexibility index (Phi) is 2.99. The third kappa shape index (κ3) is 2.16. The van der Waals surface area contributed by atoms with Crippen LogP contribution in [0.4, 0.5) is 5.82 Å². The number of aliphatic hydroxyl groups excluding tert-OH is 1. The van der Waals surface area contributed by atoms with Crippen molar-refractivity contribution in [3.8, 4) is 0 Å². The standard InChI is InChI=1S/C10H10ClN3O/c11-7-1-2-9-8(5-7)10(12-3-4-15)14-6-13-9/h1-2,5-6,15H,3-4H2,(H,12,13,14). The highest BCUT2D eigenvalue weighted by atomic mass is 35.5. The summed E-state index contributed by atoms with van der Waals surface area (Å²) < 4.78 is 0. The minimum atomic E-state index is 0.0616. The van der Waals surface area contributed by atoms with Crippen molar-refractivity contribution in [2.75, 3.05) is 18.5 Å². The fourth-order valence-corrected chi connectivity index (χ4v) is 1.52. The molecule has 2 aromatic rings. The van der Waals surface area contributed by atoms with E-state index in [0.717, 1.165) is 10.9 Å². The van der Waals surface area contributed by atoms with Gasteiger partial charge in [0.2, 0.25) is 0 Å². The zero-order chi connectivity index (χ0) is 10.7. The third-order valence-electron chi connectivity index (χ3n) is 2.00. The minimum absolute atomic E-state index is 0.0616. The van der Waals surface area contributed by atoms with Crippen LogP contribution in [0.25, 0.3) is 10.9 Å². The van der Waals surface area contributed by atoms with Crippen LogP contribution in [0.15, 0.2) is 24.5 Å². The molecule has 1 aromatic carbocycles. The maximum absolute atomic E-state index is 8.72. The van der Waals surface area contributed by atoms with Gasteiger partial charge in [0.15, 0.2) is 0 Å². The quantitative estimate of drug-likeness (QED) is 0.832. The van der Waals surface area contributed by atoms with E-state index in [9.17, 15) is 0 Å². The Balaban J connectivity index is 2.48.